The van der Waals surface area contributed by atoms with Gasteiger partial charge in [0.2, 0.25) is 5.91 Å². The van der Waals surface area contributed by atoms with Crippen molar-refractivity contribution in [1.82, 2.24) is 4.98 Å². The molecule has 0 atom stereocenters. The molecule has 232 valence electrons. The van der Waals surface area contributed by atoms with Crippen LogP contribution in [-0.4, -0.2) is 35.2 Å². The van der Waals surface area contributed by atoms with Crippen molar-refractivity contribution >= 4 is 17.4 Å². The maximum Gasteiger partial charge on any atom is 0.416 e. The molecular formula is C31H32F7N3O2. The Morgan fingerprint density at radius 3 is 1.98 bits per heavy atom. The Labute approximate surface area is 244 Å². The second-order valence-corrected chi connectivity index (χ2v) is 11.5. The molecule has 1 aliphatic rings. The van der Waals surface area contributed by atoms with Gasteiger partial charge < -0.3 is 15.3 Å². The predicted molar refractivity (Wildman–Crippen MR) is 149 cm³/mol. The number of carbonyl (C=O) groups is 1. The Morgan fingerprint density at radius 2 is 1.44 bits per heavy atom. The molecule has 0 saturated heterocycles. The third-order valence-electron chi connectivity index (χ3n) is 7.92. The molecule has 1 heterocycles. The van der Waals surface area contributed by atoms with E-state index in [2.05, 4.69) is 10.3 Å². The number of aryl methyl sites for hydroxylation is 1. The second-order valence-electron chi connectivity index (χ2n) is 11.5. The molecule has 0 unspecified atom stereocenters. The van der Waals surface area contributed by atoms with Crippen molar-refractivity contribution in [1.29, 1.82) is 0 Å². The van der Waals surface area contributed by atoms with Crippen molar-refractivity contribution in [2.45, 2.75) is 76.4 Å². The highest BCUT2D eigenvalue weighted by atomic mass is 19.4. The maximum absolute atomic E-state index is 14.0. The molecule has 0 radical (unpaired) electrons. The van der Waals surface area contributed by atoms with Crippen LogP contribution in [0.2, 0.25) is 0 Å². The number of aliphatic hydroxyl groups is 1. The molecule has 1 aliphatic carbocycles. The number of aromatic nitrogens is 1. The first-order valence-corrected chi connectivity index (χ1v) is 13.7. The molecule has 3 aromatic rings. The number of likely N-dealkylation sites (N-methyl/N-ethyl adjacent to an activating group) is 1. The van der Waals surface area contributed by atoms with Gasteiger partial charge in [-0.05, 0) is 99.5 Å². The van der Waals surface area contributed by atoms with Crippen LogP contribution < -0.4 is 10.2 Å². The van der Waals surface area contributed by atoms with E-state index in [1.165, 1.54) is 45.3 Å². The van der Waals surface area contributed by atoms with Gasteiger partial charge in [0.25, 0.3) is 0 Å². The van der Waals surface area contributed by atoms with Gasteiger partial charge in [-0.3, -0.25) is 4.79 Å². The maximum atomic E-state index is 14.0. The van der Waals surface area contributed by atoms with Crippen LogP contribution >= 0.6 is 0 Å². The molecule has 0 spiro atoms. The second kappa shape index (κ2) is 11.8. The molecule has 1 fully saturated rings. The first kappa shape index (κ1) is 32.2. The summed E-state index contributed by atoms with van der Waals surface area (Å²) in [5, 5.41) is 13.1. The van der Waals surface area contributed by atoms with E-state index in [1.807, 2.05) is 0 Å². The Kier molecular flexibility index (Phi) is 8.84. The lowest BCUT2D eigenvalue weighted by molar-refractivity contribution is -0.143. The number of nitrogens with one attached hydrogen (secondary N) is 1. The van der Waals surface area contributed by atoms with Crippen LogP contribution in [-0.2, 0) is 22.6 Å². The number of aliphatic hydroxyl groups excluding tert-OH is 1. The molecule has 12 heteroatoms. The van der Waals surface area contributed by atoms with Crippen molar-refractivity contribution < 1.29 is 40.6 Å². The summed E-state index contributed by atoms with van der Waals surface area (Å²) in [7, 11) is 1.36. The Balaban J connectivity index is 1.77. The van der Waals surface area contributed by atoms with Crippen molar-refractivity contribution in [3.05, 3.63) is 76.7 Å². The summed E-state index contributed by atoms with van der Waals surface area (Å²) in [6, 6.07) is 6.91. The van der Waals surface area contributed by atoms with E-state index in [4.69, 9.17) is 0 Å². The lowest BCUT2D eigenvalue weighted by Crippen LogP contribution is -2.42. The Morgan fingerprint density at radius 1 is 0.884 bits per heavy atom. The number of halogens is 7. The van der Waals surface area contributed by atoms with E-state index < -0.39 is 46.2 Å². The van der Waals surface area contributed by atoms with E-state index in [-0.39, 0.29) is 23.9 Å². The molecule has 4 rings (SSSR count). The van der Waals surface area contributed by atoms with Gasteiger partial charge in [-0.2, -0.15) is 26.3 Å². The smallest absolute Gasteiger partial charge is 0.393 e. The van der Waals surface area contributed by atoms with Gasteiger partial charge in [0.15, 0.2) is 0 Å². The number of alkyl halides is 6. The van der Waals surface area contributed by atoms with Gasteiger partial charge in [0, 0.05) is 18.7 Å². The standard InChI is InChI=1S/C31H32F7N3O2/c1-17-11-21(32)5-10-24(17)25-15-27(40-22-6-8-23(42)9-7-22)39-16-26(25)41(4)28(43)29(2,3)18-12-19(30(33,34)35)14-20(13-18)31(36,37)38/h5,10-16,22-23,42H,6-9H2,1-4H3,(H,39,40)/t22-,23-. The van der Waals surface area contributed by atoms with Gasteiger partial charge in [-0.15, -0.1) is 0 Å². The highest BCUT2D eigenvalue weighted by Crippen LogP contribution is 2.41. The van der Waals surface area contributed by atoms with Gasteiger partial charge >= 0.3 is 12.4 Å². The average Bonchev–Trinajstić information content (AvgIpc) is 2.92. The molecule has 5 nitrogen and oxygen atoms in total. The van der Waals surface area contributed by atoms with Crippen LogP contribution in [0.25, 0.3) is 11.1 Å². The van der Waals surface area contributed by atoms with Crippen molar-refractivity contribution in [3.63, 3.8) is 0 Å². The number of rotatable bonds is 6. The zero-order valence-corrected chi connectivity index (χ0v) is 24.0. The van der Waals surface area contributed by atoms with Crippen molar-refractivity contribution in [2.24, 2.45) is 0 Å². The molecule has 1 saturated carbocycles. The summed E-state index contributed by atoms with van der Waals surface area (Å²) in [4.78, 5) is 19.5. The highest BCUT2D eigenvalue weighted by Gasteiger charge is 2.41. The lowest BCUT2D eigenvalue weighted by Gasteiger charge is -2.32. The van der Waals surface area contributed by atoms with E-state index in [1.54, 1.807) is 13.0 Å². The van der Waals surface area contributed by atoms with E-state index in [9.17, 15) is 40.6 Å². The first-order valence-electron chi connectivity index (χ1n) is 13.7. The zero-order chi connectivity index (χ0) is 31.9. The number of amides is 1. The van der Waals surface area contributed by atoms with Gasteiger partial charge in [-0.1, -0.05) is 6.07 Å². The Bertz CT molecular complexity index is 1460. The molecule has 1 aromatic heterocycles. The number of carbonyl (C=O) groups excluding carboxylic acids is 1. The fraction of sp³-hybridized carbons (Fsp3) is 0.419. The van der Waals surface area contributed by atoms with Crippen LogP contribution in [0.5, 0.6) is 0 Å². The fourth-order valence-electron chi connectivity index (χ4n) is 5.34. The Hall–Kier alpha value is -3.67. The number of hydrogen-bond acceptors (Lipinski definition) is 4. The fourth-order valence-corrected chi connectivity index (χ4v) is 5.34. The lowest BCUT2D eigenvalue weighted by atomic mass is 9.81. The molecule has 0 bridgehead atoms. The van der Waals surface area contributed by atoms with Crippen LogP contribution in [0.15, 0.2) is 48.7 Å². The topological polar surface area (TPSA) is 65.5 Å². The number of nitrogens with zero attached hydrogens (tertiary/aromatic N) is 2. The number of hydrogen-bond donors (Lipinski definition) is 2. The van der Waals surface area contributed by atoms with E-state index >= 15 is 0 Å². The van der Waals surface area contributed by atoms with E-state index in [0.29, 0.717) is 60.3 Å². The first-order chi connectivity index (χ1) is 19.9. The van der Waals surface area contributed by atoms with Crippen LogP contribution in [0.1, 0.15) is 61.8 Å². The summed E-state index contributed by atoms with van der Waals surface area (Å²) < 4.78 is 95.4. The zero-order valence-electron chi connectivity index (χ0n) is 24.0. The van der Waals surface area contributed by atoms with E-state index in [0.717, 1.165) is 4.90 Å². The summed E-state index contributed by atoms with van der Waals surface area (Å²) >= 11 is 0. The highest BCUT2D eigenvalue weighted by molar-refractivity contribution is 6.03. The third kappa shape index (κ3) is 7.11. The van der Waals surface area contributed by atoms with Crippen LogP contribution in [0, 0.1) is 12.7 Å². The summed E-state index contributed by atoms with van der Waals surface area (Å²) in [5.74, 6) is -0.812. The molecule has 2 aromatic carbocycles. The molecule has 0 aliphatic heterocycles. The third-order valence-corrected chi connectivity index (χ3v) is 7.92. The average molecular weight is 612 g/mol. The van der Waals surface area contributed by atoms with Gasteiger partial charge in [0.1, 0.15) is 11.6 Å². The SMILES string of the molecule is Cc1cc(F)ccc1-c1cc(N[C@H]2CC[C@H](O)CC2)ncc1N(C)C(=O)C(C)(C)c1cc(C(F)(F)F)cc(C(F)(F)F)c1. The van der Waals surface area contributed by atoms with Gasteiger partial charge in [0.05, 0.1) is 34.5 Å². The van der Waals surface area contributed by atoms with Crippen LogP contribution in [0.4, 0.5) is 42.2 Å². The molecule has 43 heavy (non-hydrogen) atoms. The summed E-state index contributed by atoms with van der Waals surface area (Å²) in [6.45, 7) is 4.18. The minimum Gasteiger partial charge on any atom is -0.393 e. The summed E-state index contributed by atoms with van der Waals surface area (Å²) in [6.07, 6.45) is -6.46. The monoisotopic (exact) mass is 611 g/mol. The van der Waals surface area contributed by atoms with Crippen molar-refractivity contribution in [3.8, 4) is 11.1 Å². The van der Waals surface area contributed by atoms with Crippen molar-refractivity contribution in [2.75, 3.05) is 17.3 Å². The van der Waals surface area contributed by atoms with Gasteiger partial charge in [-0.25, -0.2) is 9.37 Å². The minimum absolute atomic E-state index is 0.0197. The number of benzene rings is 2. The predicted octanol–water partition coefficient (Wildman–Crippen LogP) is 7.89. The van der Waals surface area contributed by atoms with Crippen LogP contribution in [0.3, 0.4) is 0 Å². The number of pyridine rings is 1. The quantitative estimate of drug-likeness (QED) is 0.278. The molecule has 2 N–H and O–H groups in total. The minimum atomic E-state index is -5.07. The summed E-state index contributed by atoms with van der Waals surface area (Å²) in [5.41, 5.74) is -3.56. The molecular weight excluding hydrogens is 579 g/mol. The molecule has 1 amide bonds. The number of anilines is 2. The normalized spacial score (nSPS) is 18.0. The largest absolute Gasteiger partial charge is 0.416 e.